The molecule has 3 heteroatoms. The molecule has 2 rings (SSSR count). The van der Waals surface area contributed by atoms with Crippen LogP contribution in [0.4, 0.5) is 0 Å². The molecule has 0 radical (unpaired) electrons. The third kappa shape index (κ3) is 3.96. The first-order chi connectivity index (χ1) is 9.73. The SMILES string of the molecule is CCCNC1CCN(C2CCOC(CC)(CC)C2)CC1. The molecule has 2 fully saturated rings. The Kier molecular flexibility index (Phi) is 6.31. The van der Waals surface area contributed by atoms with Gasteiger partial charge in [-0.3, -0.25) is 0 Å². The highest BCUT2D eigenvalue weighted by Gasteiger charge is 2.37. The Morgan fingerprint density at radius 3 is 2.40 bits per heavy atom. The predicted molar refractivity (Wildman–Crippen MR) is 85.2 cm³/mol. The molecule has 0 aliphatic carbocycles. The third-order valence-electron chi connectivity index (χ3n) is 5.48. The maximum Gasteiger partial charge on any atom is 0.0692 e. The molecule has 1 unspecified atom stereocenters. The summed E-state index contributed by atoms with van der Waals surface area (Å²) in [5.74, 6) is 0. The van der Waals surface area contributed by atoms with Gasteiger partial charge in [0.1, 0.15) is 0 Å². The largest absolute Gasteiger partial charge is 0.375 e. The van der Waals surface area contributed by atoms with Crippen molar-refractivity contribution in [3.8, 4) is 0 Å². The minimum Gasteiger partial charge on any atom is -0.375 e. The fraction of sp³-hybridized carbons (Fsp3) is 1.00. The second-order valence-electron chi connectivity index (χ2n) is 6.65. The summed E-state index contributed by atoms with van der Waals surface area (Å²) in [5.41, 5.74) is 0.167. The lowest BCUT2D eigenvalue weighted by Crippen LogP contribution is -2.52. The van der Waals surface area contributed by atoms with Crippen molar-refractivity contribution in [1.29, 1.82) is 0 Å². The lowest BCUT2D eigenvalue weighted by atomic mass is 9.84. The first kappa shape index (κ1) is 16.3. The molecule has 2 saturated heterocycles. The van der Waals surface area contributed by atoms with Crippen LogP contribution >= 0.6 is 0 Å². The van der Waals surface area contributed by atoms with Gasteiger partial charge in [0.15, 0.2) is 0 Å². The Hall–Kier alpha value is -0.120. The van der Waals surface area contributed by atoms with E-state index in [9.17, 15) is 0 Å². The zero-order chi connectivity index (χ0) is 14.4. The topological polar surface area (TPSA) is 24.5 Å². The van der Waals surface area contributed by atoms with Crippen molar-refractivity contribution in [3.63, 3.8) is 0 Å². The number of nitrogens with zero attached hydrogens (tertiary/aromatic N) is 1. The fourth-order valence-corrected chi connectivity index (χ4v) is 3.87. The highest BCUT2D eigenvalue weighted by Crippen LogP contribution is 2.34. The van der Waals surface area contributed by atoms with Crippen molar-refractivity contribution < 1.29 is 4.74 Å². The molecule has 2 aliphatic rings. The Bertz CT molecular complexity index is 270. The van der Waals surface area contributed by atoms with E-state index in [2.05, 4.69) is 31.0 Å². The summed E-state index contributed by atoms with van der Waals surface area (Å²) < 4.78 is 6.12. The van der Waals surface area contributed by atoms with Crippen molar-refractivity contribution >= 4 is 0 Å². The summed E-state index contributed by atoms with van der Waals surface area (Å²) in [4.78, 5) is 2.74. The predicted octanol–water partition coefficient (Wildman–Crippen LogP) is 3.19. The minimum atomic E-state index is 0.167. The van der Waals surface area contributed by atoms with E-state index in [0.29, 0.717) is 0 Å². The first-order valence-corrected chi connectivity index (χ1v) is 8.84. The van der Waals surface area contributed by atoms with Crippen LogP contribution in [0.5, 0.6) is 0 Å². The van der Waals surface area contributed by atoms with Crippen molar-refractivity contribution in [2.75, 3.05) is 26.2 Å². The molecule has 0 bridgehead atoms. The second-order valence-corrected chi connectivity index (χ2v) is 6.65. The van der Waals surface area contributed by atoms with E-state index in [1.165, 1.54) is 51.7 Å². The lowest BCUT2D eigenvalue weighted by molar-refractivity contribution is -0.112. The van der Waals surface area contributed by atoms with Crippen LogP contribution in [0.1, 0.15) is 65.7 Å². The van der Waals surface area contributed by atoms with Crippen LogP contribution in [-0.4, -0.2) is 48.8 Å². The van der Waals surface area contributed by atoms with E-state index < -0.39 is 0 Å². The summed E-state index contributed by atoms with van der Waals surface area (Å²) in [6.07, 6.45) is 8.69. The summed E-state index contributed by atoms with van der Waals surface area (Å²) in [6, 6.07) is 1.52. The van der Waals surface area contributed by atoms with Crippen LogP contribution in [0, 0.1) is 0 Å². The number of hydrogen-bond donors (Lipinski definition) is 1. The molecule has 2 heterocycles. The average molecular weight is 282 g/mol. The van der Waals surface area contributed by atoms with Crippen molar-refractivity contribution in [2.45, 2.75) is 83.4 Å². The molecule has 118 valence electrons. The normalized spacial score (nSPS) is 28.6. The van der Waals surface area contributed by atoms with Gasteiger partial charge in [0.05, 0.1) is 5.60 Å². The Morgan fingerprint density at radius 1 is 1.10 bits per heavy atom. The summed E-state index contributed by atoms with van der Waals surface area (Å²) >= 11 is 0. The van der Waals surface area contributed by atoms with E-state index in [0.717, 1.165) is 31.5 Å². The molecule has 0 amide bonds. The smallest absolute Gasteiger partial charge is 0.0692 e. The molecule has 0 aromatic heterocycles. The van der Waals surface area contributed by atoms with Gasteiger partial charge in [-0.05, 0) is 64.6 Å². The van der Waals surface area contributed by atoms with Gasteiger partial charge in [-0.15, -0.1) is 0 Å². The minimum absolute atomic E-state index is 0.167. The van der Waals surface area contributed by atoms with E-state index in [1.807, 2.05) is 0 Å². The van der Waals surface area contributed by atoms with E-state index in [-0.39, 0.29) is 5.60 Å². The summed E-state index contributed by atoms with van der Waals surface area (Å²) in [5, 5.41) is 3.68. The zero-order valence-electron chi connectivity index (χ0n) is 13.8. The van der Waals surface area contributed by atoms with Gasteiger partial charge in [0.2, 0.25) is 0 Å². The van der Waals surface area contributed by atoms with Crippen molar-refractivity contribution in [1.82, 2.24) is 10.2 Å². The van der Waals surface area contributed by atoms with E-state index in [1.54, 1.807) is 0 Å². The molecule has 0 saturated carbocycles. The van der Waals surface area contributed by atoms with Gasteiger partial charge >= 0.3 is 0 Å². The number of nitrogens with one attached hydrogen (secondary N) is 1. The zero-order valence-corrected chi connectivity index (χ0v) is 13.8. The van der Waals surface area contributed by atoms with E-state index in [4.69, 9.17) is 4.74 Å². The number of likely N-dealkylation sites (tertiary alicyclic amines) is 1. The maximum absolute atomic E-state index is 6.12. The molecule has 2 aliphatic heterocycles. The molecule has 20 heavy (non-hydrogen) atoms. The molecular weight excluding hydrogens is 248 g/mol. The number of ether oxygens (including phenoxy) is 1. The van der Waals surface area contributed by atoms with Gasteiger partial charge < -0.3 is 15.0 Å². The second kappa shape index (κ2) is 7.77. The molecule has 0 aromatic rings. The van der Waals surface area contributed by atoms with Crippen LogP contribution in [0.3, 0.4) is 0 Å². The Labute approximate surface area is 125 Å². The molecule has 3 nitrogen and oxygen atoms in total. The quantitative estimate of drug-likeness (QED) is 0.810. The van der Waals surface area contributed by atoms with Gasteiger partial charge in [-0.1, -0.05) is 20.8 Å². The van der Waals surface area contributed by atoms with Crippen LogP contribution in [0.2, 0.25) is 0 Å². The highest BCUT2D eigenvalue weighted by molar-refractivity contribution is 4.91. The van der Waals surface area contributed by atoms with Crippen LogP contribution < -0.4 is 5.32 Å². The van der Waals surface area contributed by atoms with Crippen molar-refractivity contribution in [3.05, 3.63) is 0 Å². The molecule has 1 atom stereocenters. The Morgan fingerprint density at radius 2 is 1.80 bits per heavy atom. The lowest BCUT2D eigenvalue weighted by Gasteiger charge is -2.46. The fourth-order valence-electron chi connectivity index (χ4n) is 3.87. The van der Waals surface area contributed by atoms with Gasteiger partial charge in [0, 0.05) is 18.7 Å². The van der Waals surface area contributed by atoms with Crippen molar-refractivity contribution in [2.24, 2.45) is 0 Å². The number of piperidine rings is 1. The molecule has 1 N–H and O–H groups in total. The Balaban J connectivity index is 1.81. The molecule has 0 aromatic carbocycles. The van der Waals surface area contributed by atoms with Crippen LogP contribution in [0.15, 0.2) is 0 Å². The number of hydrogen-bond acceptors (Lipinski definition) is 3. The standard InChI is InChI=1S/C17H34N2O/c1-4-10-18-15-7-11-19(12-8-15)16-9-13-20-17(5-2,6-3)14-16/h15-16,18H,4-14H2,1-3H3. The summed E-state index contributed by atoms with van der Waals surface area (Å²) in [7, 11) is 0. The van der Waals surface area contributed by atoms with Gasteiger partial charge in [-0.2, -0.15) is 0 Å². The first-order valence-electron chi connectivity index (χ1n) is 8.84. The monoisotopic (exact) mass is 282 g/mol. The van der Waals surface area contributed by atoms with Gasteiger partial charge in [0.25, 0.3) is 0 Å². The number of rotatable bonds is 6. The maximum atomic E-state index is 6.12. The van der Waals surface area contributed by atoms with Gasteiger partial charge in [-0.25, -0.2) is 0 Å². The highest BCUT2D eigenvalue weighted by atomic mass is 16.5. The summed E-state index contributed by atoms with van der Waals surface area (Å²) in [6.45, 7) is 11.5. The molecular formula is C17H34N2O. The van der Waals surface area contributed by atoms with Crippen LogP contribution in [-0.2, 0) is 4.74 Å². The average Bonchev–Trinajstić information content (AvgIpc) is 2.53. The van der Waals surface area contributed by atoms with E-state index >= 15 is 0 Å². The third-order valence-corrected chi connectivity index (χ3v) is 5.48. The molecule has 0 spiro atoms. The van der Waals surface area contributed by atoms with Crippen LogP contribution in [0.25, 0.3) is 0 Å².